The molecule has 0 bridgehead atoms. The molecule has 0 aliphatic carbocycles. The van der Waals surface area contributed by atoms with E-state index in [4.69, 9.17) is 9.47 Å². The van der Waals surface area contributed by atoms with Crippen LogP contribution >= 0.6 is 0 Å². The summed E-state index contributed by atoms with van der Waals surface area (Å²) in [5.74, 6) is -0.764. The number of benzene rings is 2. The van der Waals surface area contributed by atoms with Gasteiger partial charge in [0.05, 0.1) is 12.8 Å². The van der Waals surface area contributed by atoms with Crippen LogP contribution in [-0.2, 0) is 9.53 Å². The second-order valence-electron chi connectivity index (χ2n) is 6.44. The van der Waals surface area contributed by atoms with E-state index in [0.29, 0.717) is 36.0 Å². The molecule has 166 valence electrons. The second kappa shape index (κ2) is 10.7. The summed E-state index contributed by atoms with van der Waals surface area (Å²) in [4.78, 5) is 19.5. The molecule has 0 saturated carbocycles. The van der Waals surface area contributed by atoms with Crippen LogP contribution in [0.2, 0.25) is 0 Å². The Morgan fingerprint density at radius 1 is 1.16 bits per heavy atom. The molecular weight excluding hydrogens is 417 g/mol. The van der Waals surface area contributed by atoms with Gasteiger partial charge in [-0.1, -0.05) is 12.6 Å². The van der Waals surface area contributed by atoms with Gasteiger partial charge in [0.25, 0.3) is 0 Å². The first-order valence-corrected chi connectivity index (χ1v) is 9.53. The summed E-state index contributed by atoms with van der Waals surface area (Å²) < 4.78 is 24.6. The summed E-state index contributed by atoms with van der Waals surface area (Å²) >= 11 is 0. The van der Waals surface area contributed by atoms with Crippen LogP contribution in [0.5, 0.6) is 11.5 Å². The first-order valence-electron chi connectivity index (χ1n) is 9.53. The number of halogens is 1. The lowest BCUT2D eigenvalue weighted by Crippen LogP contribution is -2.07. The van der Waals surface area contributed by atoms with E-state index < -0.39 is 5.82 Å². The summed E-state index contributed by atoms with van der Waals surface area (Å²) in [6.07, 6.45) is 2.17. The molecule has 0 aliphatic rings. The molecule has 1 aromatic heterocycles. The minimum Gasteiger partial charge on any atom is -0.504 e. The van der Waals surface area contributed by atoms with Crippen molar-refractivity contribution >= 4 is 34.7 Å². The molecule has 3 rings (SSSR count). The summed E-state index contributed by atoms with van der Waals surface area (Å²) in [6, 6.07) is 11.4. The maximum Gasteiger partial charge on any atom is 0.247 e. The molecule has 0 atom stereocenters. The molecule has 9 nitrogen and oxygen atoms in total. The van der Waals surface area contributed by atoms with Gasteiger partial charge in [0.15, 0.2) is 23.1 Å². The van der Waals surface area contributed by atoms with Crippen molar-refractivity contribution in [1.82, 2.24) is 9.97 Å². The van der Waals surface area contributed by atoms with Crippen molar-refractivity contribution < 1.29 is 23.8 Å². The number of rotatable bonds is 10. The monoisotopic (exact) mass is 439 g/mol. The second-order valence-corrected chi connectivity index (χ2v) is 6.44. The van der Waals surface area contributed by atoms with E-state index in [1.165, 1.54) is 6.07 Å². The highest BCUT2D eigenvalue weighted by Gasteiger charge is 2.10. The van der Waals surface area contributed by atoms with Crippen molar-refractivity contribution in [2.75, 3.05) is 36.3 Å². The lowest BCUT2D eigenvalue weighted by molar-refractivity contribution is -0.111. The molecule has 32 heavy (non-hydrogen) atoms. The Morgan fingerprint density at radius 3 is 2.69 bits per heavy atom. The average molecular weight is 439 g/mol. The van der Waals surface area contributed by atoms with Crippen LogP contribution < -0.4 is 20.7 Å². The Bertz CT molecular complexity index is 1110. The Labute approximate surface area is 183 Å². The fourth-order valence-corrected chi connectivity index (χ4v) is 2.60. The third-order valence-corrected chi connectivity index (χ3v) is 4.08. The minimum atomic E-state index is -0.666. The number of ether oxygens (including phenoxy) is 2. The number of amides is 1. The Balaban J connectivity index is 1.72. The first kappa shape index (κ1) is 22.5. The van der Waals surface area contributed by atoms with Crippen LogP contribution in [-0.4, -0.2) is 41.3 Å². The number of nitrogens with one attached hydrogen (secondary N) is 3. The zero-order valence-corrected chi connectivity index (χ0v) is 17.3. The molecule has 0 spiro atoms. The quantitative estimate of drug-likeness (QED) is 0.277. The van der Waals surface area contributed by atoms with E-state index in [1.807, 2.05) is 0 Å². The first-order chi connectivity index (χ1) is 15.5. The molecule has 0 aliphatic heterocycles. The summed E-state index contributed by atoms with van der Waals surface area (Å²) in [5.41, 5.74) is 1.50. The number of carbonyl (C=O) groups excluding carboxylic acids is 1. The van der Waals surface area contributed by atoms with Gasteiger partial charge >= 0.3 is 0 Å². The molecule has 0 saturated heterocycles. The van der Waals surface area contributed by atoms with Gasteiger partial charge in [-0.05, 0) is 36.4 Å². The van der Waals surface area contributed by atoms with Crippen molar-refractivity contribution in [3.8, 4) is 11.5 Å². The zero-order chi connectivity index (χ0) is 22.9. The molecule has 1 amide bonds. The predicted octanol–water partition coefficient (Wildman–Crippen LogP) is 3.96. The molecule has 1 heterocycles. The van der Waals surface area contributed by atoms with Crippen molar-refractivity contribution in [3.05, 3.63) is 67.1 Å². The van der Waals surface area contributed by atoms with Gasteiger partial charge in [-0.25, -0.2) is 9.37 Å². The number of nitrogens with zero attached hydrogens (tertiary/aromatic N) is 2. The largest absolute Gasteiger partial charge is 0.504 e. The van der Waals surface area contributed by atoms with Crippen LogP contribution in [0, 0.1) is 5.82 Å². The van der Waals surface area contributed by atoms with Gasteiger partial charge < -0.3 is 30.5 Å². The van der Waals surface area contributed by atoms with Crippen molar-refractivity contribution in [2.45, 2.75) is 0 Å². The minimum absolute atomic E-state index is 0.0709. The molecule has 0 fully saturated rings. The van der Waals surface area contributed by atoms with Gasteiger partial charge in [0.1, 0.15) is 6.61 Å². The summed E-state index contributed by atoms with van der Waals surface area (Å²) in [7, 11) is 1.56. The van der Waals surface area contributed by atoms with Crippen molar-refractivity contribution in [3.63, 3.8) is 0 Å². The third kappa shape index (κ3) is 6.16. The highest BCUT2D eigenvalue weighted by Crippen LogP contribution is 2.30. The number of carbonyl (C=O) groups is 1. The van der Waals surface area contributed by atoms with Gasteiger partial charge in [0, 0.05) is 30.2 Å². The van der Waals surface area contributed by atoms with E-state index in [1.54, 1.807) is 43.5 Å². The van der Waals surface area contributed by atoms with Gasteiger partial charge in [-0.15, -0.1) is 0 Å². The number of methoxy groups -OCH3 is 1. The van der Waals surface area contributed by atoms with Crippen LogP contribution in [0.3, 0.4) is 0 Å². The topological polar surface area (TPSA) is 118 Å². The van der Waals surface area contributed by atoms with Crippen LogP contribution in [0.15, 0.2) is 61.3 Å². The number of phenolic OH excluding ortho intramolecular Hbond substituents is 1. The van der Waals surface area contributed by atoms with Crippen LogP contribution in [0.4, 0.5) is 33.2 Å². The number of anilines is 5. The maximum absolute atomic E-state index is 14.3. The number of aromatic hydroxyl groups is 1. The van der Waals surface area contributed by atoms with E-state index in [0.717, 1.165) is 12.3 Å². The molecule has 4 N–H and O–H groups in total. The molecular formula is C22H22FN5O4. The predicted molar refractivity (Wildman–Crippen MR) is 119 cm³/mol. The number of hydrogen-bond acceptors (Lipinski definition) is 8. The standard InChI is InChI=1S/C22H22FN5O4/c1-3-20(30)25-14-5-4-6-15(11-14)26-21-17(23)13-24-22(28-21)27-16-7-8-19(18(29)12-16)32-10-9-31-2/h3-8,11-13,29H,1,9-10H2,2H3,(H,25,30)(H2,24,26,27,28). The van der Waals surface area contributed by atoms with Crippen LogP contribution in [0.25, 0.3) is 0 Å². The van der Waals surface area contributed by atoms with Crippen LogP contribution in [0.1, 0.15) is 0 Å². The number of aromatic nitrogens is 2. The van der Waals surface area contributed by atoms with Gasteiger partial charge in [-0.2, -0.15) is 4.98 Å². The number of phenols is 1. The van der Waals surface area contributed by atoms with E-state index in [2.05, 4.69) is 32.5 Å². The highest BCUT2D eigenvalue weighted by atomic mass is 19.1. The fraction of sp³-hybridized carbons (Fsp3) is 0.136. The SMILES string of the molecule is C=CC(=O)Nc1cccc(Nc2nc(Nc3ccc(OCCOC)c(O)c3)ncc2F)c1. The molecule has 10 heteroatoms. The molecule has 3 aromatic rings. The highest BCUT2D eigenvalue weighted by molar-refractivity contribution is 5.99. The Kier molecular flexibility index (Phi) is 7.55. The number of hydrogen-bond donors (Lipinski definition) is 4. The lowest BCUT2D eigenvalue weighted by atomic mass is 10.2. The normalized spacial score (nSPS) is 10.3. The fourth-order valence-electron chi connectivity index (χ4n) is 2.60. The van der Waals surface area contributed by atoms with Gasteiger partial charge in [0.2, 0.25) is 11.9 Å². The lowest BCUT2D eigenvalue weighted by Gasteiger charge is -2.12. The van der Waals surface area contributed by atoms with Gasteiger partial charge in [-0.3, -0.25) is 4.79 Å². The average Bonchev–Trinajstić information content (AvgIpc) is 2.78. The smallest absolute Gasteiger partial charge is 0.247 e. The third-order valence-electron chi connectivity index (χ3n) is 4.08. The molecule has 0 radical (unpaired) electrons. The molecule has 2 aromatic carbocycles. The molecule has 0 unspecified atom stereocenters. The van der Waals surface area contributed by atoms with E-state index in [9.17, 15) is 14.3 Å². The van der Waals surface area contributed by atoms with E-state index in [-0.39, 0.29) is 23.4 Å². The van der Waals surface area contributed by atoms with Crippen molar-refractivity contribution in [2.24, 2.45) is 0 Å². The maximum atomic E-state index is 14.3. The Hall–Kier alpha value is -4.18. The Morgan fingerprint density at radius 2 is 1.94 bits per heavy atom. The van der Waals surface area contributed by atoms with Crippen molar-refractivity contribution in [1.29, 1.82) is 0 Å². The summed E-state index contributed by atoms with van der Waals surface area (Å²) in [6.45, 7) is 4.09. The van der Waals surface area contributed by atoms with E-state index >= 15 is 0 Å². The summed E-state index contributed by atoms with van der Waals surface area (Å²) in [5, 5.41) is 18.5. The zero-order valence-electron chi connectivity index (χ0n) is 17.3.